The number of aryl methyl sites for hydroxylation is 1. The molecule has 0 amide bonds. The summed E-state index contributed by atoms with van der Waals surface area (Å²) >= 11 is 0. The molecule has 0 unspecified atom stereocenters. The highest BCUT2D eigenvalue weighted by Crippen LogP contribution is 2.21. The molecule has 7 heteroatoms. The first-order valence-corrected chi connectivity index (χ1v) is 9.59. The van der Waals surface area contributed by atoms with Gasteiger partial charge in [0.05, 0.1) is 18.9 Å². The van der Waals surface area contributed by atoms with Gasteiger partial charge in [-0.05, 0) is 31.5 Å². The Morgan fingerprint density at radius 1 is 1.10 bits per heavy atom. The summed E-state index contributed by atoms with van der Waals surface area (Å²) in [4.78, 5) is 10.9. The quantitative estimate of drug-likeness (QED) is 0.442. The summed E-state index contributed by atoms with van der Waals surface area (Å²) in [5.74, 6) is 2.22. The molecule has 0 saturated carbocycles. The first kappa shape index (κ1) is 22.6. The largest absolute Gasteiger partial charge is 0.492 e. The highest BCUT2D eigenvalue weighted by molar-refractivity contribution is 6.03. The highest BCUT2D eigenvalue weighted by atomic mass is 16.5. The SMILES string of the molecule is COCCO/C(C)=C(/C=C1\CC(N(C)c2cccc(C)c2)=NC=N1)OCCOC. The maximum absolute atomic E-state index is 5.86. The van der Waals surface area contributed by atoms with Crippen LogP contribution in [0.5, 0.6) is 0 Å². The second kappa shape index (κ2) is 12.0. The summed E-state index contributed by atoms with van der Waals surface area (Å²) in [6.07, 6.45) is 4.06. The molecule has 1 heterocycles. The standard InChI is InChI=1S/C22H31N3O4/c1-17-7-6-8-20(13-17)25(3)22-15-19(23-16-24-22)14-21(29-12-10-27-5)18(2)28-11-9-26-4/h6-8,13-14,16H,9-12,15H2,1-5H3/b19-14+,21-18-. The first-order valence-electron chi connectivity index (χ1n) is 9.59. The van der Waals surface area contributed by atoms with E-state index in [0.29, 0.717) is 44.4 Å². The average Bonchev–Trinajstić information content (AvgIpc) is 2.73. The van der Waals surface area contributed by atoms with Crippen LogP contribution in [0.25, 0.3) is 0 Å². The minimum absolute atomic E-state index is 0.425. The van der Waals surface area contributed by atoms with Crippen molar-refractivity contribution in [3.05, 3.63) is 53.1 Å². The van der Waals surface area contributed by atoms with Crippen molar-refractivity contribution in [2.75, 3.05) is 52.6 Å². The molecule has 1 aromatic rings. The van der Waals surface area contributed by atoms with Gasteiger partial charge < -0.3 is 23.8 Å². The Balaban J connectivity index is 2.15. The van der Waals surface area contributed by atoms with Crippen molar-refractivity contribution >= 4 is 17.9 Å². The van der Waals surface area contributed by atoms with Gasteiger partial charge in [0.2, 0.25) is 0 Å². The molecule has 0 saturated heterocycles. The van der Waals surface area contributed by atoms with Crippen molar-refractivity contribution in [2.45, 2.75) is 20.3 Å². The lowest BCUT2D eigenvalue weighted by Gasteiger charge is -2.23. The molecule has 1 aromatic carbocycles. The molecule has 0 radical (unpaired) electrons. The van der Waals surface area contributed by atoms with Gasteiger partial charge in [-0.1, -0.05) is 12.1 Å². The maximum Gasteiger partial charge on any atom is 0.158 e. The van der Waals surface area contributed by atoms with Crippen molar-refractivity contribution in [1.29, 1.82) is 0 Å². The fraction of sp³-hybridized carbons (Fsp3) is 0.455. The Morgan fingerprint density at radius 3 is 2.52 bits per heavy atom. The molecule has 0 atom stereocenters. The van der Waals surface area contributed by atoms with E-state index in [4.69, 9.17) is 18.9 Å². The number of anilines is 1. The number of benzene rings is 1. The van der Waals surface area contributed by atoms with E-state index in [-0.39, 0.29) is 0 Å². The minimum Gasteiger partial charge on any atom is -0.492 e. The fourth-order valence-corrected chi connectivity index (χ4v) is 2.68. The van der Waals surface area contributed by atoms with E-state index in [1.165, 1.54) is 5.56 Å². The van der Waals surface area contributed by atoms with Crippen molar-refractivity contribution in [3.63, 3.8) is 0 Å². The normalized spacial score (nSPS) is 15.8. The number of methoxy groups -OCH3 is 2. The minimum atomic E-state index is 0.425. The molecular weight excluding hydrogens is 370 g/mol. The van der Waals surface area contributed by atoms with Gasteiger partial charge in [0, 0.05) is 39.5 Å². The Labute approximate surface area is 173 Å². The van der Waals surface area contributed by atoms with E-state index >= 15 is 0 Å². The van der Waals surface area contributed by atoms with Gasteiger partial charge in [0.15, 0.2) is 5.76 Å². The van der Waals surface area contributed by atoms with E-state index in [0.717, 1.165) is 17.2 Å². The van der Waals surface area contributed by atoms with E-state index < -0.39 is 0 Å². The lowest BCUT2D eigenvalue weighted by atomic mass is 10.2. The average molecular weight is 402 g/mol. The van der Waals surface area contributed by atoms with Gasteiger partial charge in [0.25, 0.3) is 0 Å². The third-order valence-electron chi connectivity index (χ3n) is 4.34. The van der Waals surface area contributed by atoms with Gasteiger partial charge in [-0.2, -0.15) is 0 Å². The van der Waals surface area contributed by atoms with E-state index in [1.54, 1.807) is 20.6 Å². The summed E-state index contributed by atoms with van der Waals surface area (Å²) in [6, 6.07) is 8.32. The summed E-state index contributed by atoms with van der Waals surface area (Å²) in [5.41, 5.74) is 3.14. The van der Waals surface area contributed by atoms with Crippen molar-refractivity contribution in [2.24, 2.45) is 9.98 Å². The van der Waals surface area contributed by atoms with E-state index in [1.807, 2.05) is 26.1 Å². The number of rotatable bonds is 10. The van der Waals surface area contributed by atoms with E-state index in [9.17, 15) is 0 Å². The summed E-state index contributed by atoms with van der Waals surface area (Å²) in [5, 5.41) is 0. The van der Waals surface area contributed by atoms with Gasteiger partial charge in [-0.25, -0.2) is 9.98 Å². The first-order chi connectivity index (χ1) is 14.0. The number of hydrogen-bond donors (Lipinski definition) is 0. The van der Waals surface area contributed by atoms with Crippen LogP contribution < -0.4 is 4.90 Å². The molecule has 0 bridgehead atoms. The van der Waals surface area contributed by atoms with Crippen molar-refractivity contribution in [1.82, 2.24) is 0 Å². The van der Waals surface area contributed by atoms with Gasteiger partial charge in [0.1, 0.15) is 31.1 Å². The Kier molecular flexibility index (Phi) is 9.40. The smallest absolute Gasteiger partial charge is 0.158 e. The molecular formula is C22H31N3O4. The highest BCUT2D eigenvalue weighted by Gasteiger charge is 2.15. The van der Waals surface area contributed by atoms with E-state index in [2.05, 4.69) is 40.0 Å². The molecule has 7 nitrogen and oxygen atoms in total. The van der Waals surface area contributed by atoms with Crippen LogP contribution in [0, 0.1) is 6.92 Å². The lowest BCUT2D eigenvalue weighted by Crippen LogP contribution is -2.28. The number of nitrogens with zero attached hydrogens (tertiary/aromatic N) is 3. The summed E-state index contributed by atoms with van der Waals surface area (Å²) in [6.45, 7) is 5.83. The number of aliphatic imine (C=N–C) groups is 2. The molecule has 1 aliphatic heterocycles. The van der Waals surface area contributed by atoms with Crippen LogP contribution in [-0.4, -0.2) is 59.9 Å². The molecule has 0 aromatic heterocycles. The molecule has 29 heavy (non-hydrogen) atoms. The predicted octanol–water partition coefficient (Wildman–Crippen LogP) is 3.70. The lowest BCUT2D eigenvalue weighted by molar-refractivity contribution is 0.0851. The third-order valence-corrected chi connectivity index (χ3v) is 4.34. The van der Waals surface area contributed by atoms with Crippen LogP contribution in [0.4, 0.5) is 5.69 Å². The summed E-state index contributed by atoms with van der Waals surface area (Å²) in [7, 11) is 5.29. The van der Waals surface area contributed by atoms with Crippen LogP contribution in [0.1, 0.15) is 18.9 Å². The Hall–Kier alpha value is -2.64. The van der Waals surface area contributed by atoms with Gasteiger partial charge in [-0.15, -0.1) is 0 Å². The molecule has 0 aliphatic carbocycles. The zero-order chi connectivity index (χ0) is 21.1. The molecule has 158 valence electrons. The van der Waals surface area contributed by atoms with Crippen LogP contribution in [0.3, 0.4) is 0 Å². The van der Waals surface area contributed by atoms with Gasteiger partial charge >= 0.3 is 0 Å². The molecule has 2 rings (SSSR count). The third kappa shape index (κ3) is 7.36. The van der Waals surface area contributed by atoms with Gasteiger partial charge in [-0.3, -0.25) is 0 Å². The predicted molar refractivity (Wildman–Crippen MR) is 117 cm³/mol. The number of allylic oxidation sites excluding steroid dienone is 2. The molecule has 0 fully saturated rings. The maximum atomic E-state index is 5.86. The van der Waals surface area contributed by atoms with Crippen molar-refractivity contribution in [3.8, 4) is 0 Å². The number of hydrogen-bond acceptors (Lipinski definition) is 7. The summed E-state index contributed by atoms with van der Waals surface area (Å²) < 4.78 is 21.7. The van der Waals surface area contributed by atoms with Crippen LogP contribution in [-0.2, 0) is 18.9 Å². The molecule has 0 spiro atoms. The Bertz CT molecular complexity index is 784. The Morgan fingerprint density at radius 2 is 1.83 bits per heavy atom. The van der Waals surface area contributed by atoms with Crippen LogP contribution in [0.2, 0.25) is 0 Å². The fourth-order valence-electron chi connectivity index (χ4n) is 2.68. The van der Waals surface area contributed by atoms with Crippen LogP contribution in [0.15, 0.2) is 57.5 Å². The number of ether oxygens (including phenoxy) is 4. The van der Waals surface area contributed by atoms with Crippen molar-refractivity contribution < 1.29 is 18.9 Å². The van der Waals surface area contributed by atoms with Crippen LogP contribution >= 0.6 is 0 Å². The molecule has 1 aliphatic rings. The zero-order valence-electron chi connectivity index (χ0n) is 18.0. The molecule has 0 N–H and O–H groups in total. The zero-order valence-corrected chi connectivity index (χ0v) is 18.0. The topological polar surface area (TPSA) is 64.9 Å². The monoisotopic (exact) mass is 401 g/mol. The second-order valence-corrected chi connectivity index (χ2v) is 6.60. The number of amidine groups is 1. The second-order valence-electron chi connectivity index (χ2n) is 6.60.